The zero-order valence-electron chi connectivity index (χ0n) is 9.56. The topological polar surface area (TPSA) is 64.9 Å². The summed E-state index contributed by atoms with van der Waals surface area (Å²) in [6.07, 6.45) is 7.20. The average molecular weight is 221 g/mol. The van der Waals surface area contributed by atoms with Crippen LogP contribution in [0.3, 0.4) is 0 Å². The fourth-order valence-electron chi connectivity index (χ4n) is 3.33. The Morgan fingerprint density at radius 3 is 2.94 bits per heavy atom. The van der Waals surface area contributed by atoms with Gasteiger partial charge in [-0.15, -0.1) is 0 Å². The number of nitrogens with two attached hydrogens (primary N) is 1. The van der Waals surface area contributed by atoms with Gasteiger partial charge in [0.25, 0.3) is 0 Å². The van der Waals surface area contributed by atoms with Crippen LogP contribution in [0.2, 0.25) is 0 Å². The van der Waals surface area contributed by atoms with Crippen LogP contribution in [-0.2, 0) is 6.42 Å². The van der Waals surface area contributed by atoms with E-state index in [9.17, 15) is 0 Å². The molecule has 0 aliphatic heterocycles. The van der Waals surface area contributed by atoms with Gasteiger partial charge in [0.15, 0.2) is 5.82 Å². The first-order chi connectivity index (χ1) is 7.86. The molecule has 2 N–H and O–H groups in total. The maximum absolute atomic E-state index is 5.46. The van der Waals surface area contributed by atoms with Gasteiger partial charge in [-0.3, -0.25) is 0 Å². The molecule has 2 aliphatic rings. The fourth-order valence-corrected chi connectivity index (χ4v) is 3.33. The van der Waals surface area contributed by atoms with Crippen LogP contribution in [0, 0.1) is 11.8 Å². The molecule has 0 aromatic carbocycles. The summed E-state index contributed by atoms with van der Waals surface area (Å²) in [5.41, 5.74) is 5.46. The molecule has 3 unspecified atom stereocenters. The zero-order chi connectivity index (χ0) is 11.0. The second-order valence-corrected chi connectivity index (χ2v) is 5.22. The van der Waals surface area contributed by atoms with Crippen LogP contribution in [0.1, 0.15) is 49.7 Å². The van der Waals surface area contributed by atoms with Crippen molar-refractivity contribution in [2.75, 3.05) is 6.54 Å². The summed E-state index contributed by atoms with van der Waals surface area (Å²) in [4.78, 5) is 4.52. The van der Waals surface area contributed by atoms with Gasteiger partial charge in [0.1, 0.15) is 0 Å². The van der Waals surface area contributed by atoms with Gasteiger partial charge in [-0.25, -0.2) is 0 Å². The Balaban J connectivity index is 1.68. The Morgan fingerprint density at radius 2 is 2.25 bits per heavy atom. The van der Waals surface area contributed by atoms with Crippen molar-refractivity contribution in [3.63, 3.8) is 0 Å². The highest BCUT2D eigenvalue weighted by Crippen LogP contribution is 2.52. The summed E-state index contributed by atoms with van der Waals surface area (Å²) in [6.45, 7) is 0.686. The minimum Gasteiger partial charge on any atom is -0.339 e. The molecule has 0 spiro atoms. The van der Waals surface area contributed by atoms with Gasteiger partial charge in [-0.2, -0.15) is 4.98 Å². The molecule has 1 aromatic heterocycles. The summed E-state index contributed by atoms with van der Waals surface area (Å²) in [6, 6.07) is 0. The van der Waals surface area contributed by atoms with E-state index >= 15 is 0 Å². The first-order valence-electron chi connectivity index (χ1n) is 6.39. The molecule has 2 saturated carbocycles. The third-order valence-corrected chi connectivity index (χ3v) is 4.15. The predicted octanol–water partition coefficient (Wildman–Crippen LogP) is 1.86. The van der Waals surface area contributed by atoms with Crippen molar-refractivity contribution in [3.8, 4) is 0 Å². The molecule has 0 radical (unpaired) electrons. The van der Waals surface area contributed by atoms with Gasteiger partial charge in [-0.1, -0.05) is 11.6 Å². The third-order valence-electron chi connectivity index (χ3n) is 4.15. The van der Waals surface area contributed by atoms with Crippen LogP contribution in [0.4, 0.5) is 0 Å². The summed E-state index contributed by atoms with van der Waals surface area (Å²) >= 11 is 0. The highest BCUT2D eigenvalue weighted by atomic mass is 16.5. The summed E-state index contributed by atoms with van der Waals surface area (Å²) in [5.74, 6) is 4.06. The van der Waals surface area contributed by atoms with Crippen LogP contribution in [-0.4, -0.2) is 16.7 Å². The van der Waals surface area contributed by atoms with Crippen molar-refractivity contribution < 1.29 is 4.52 Å². The molecule has 3 atom stereocenters. The number of hydrogen-bond acceptors (Lipinski definition) is 4. The third kappa shape index (κ3) is 1.75. The van der Waals surface area contributed by atoms with E-state index in [-0.39, 0.29) is 0 Å². The summed E-state index contributed by atoms with van der Waals surface area (Å²) in [5, 5.41) is 4.14. The lowest BCUT2D eigenvalue weighted by molar-refractivity contribution is 0.350. The van der Waals surface area contributed by atoms with Gasteiger partial charge in [0.2, 0.25) is 5.89 Å². The molecule has 3 rings (SSSR count). The Hall–Kier alpha value is -0.900. The molecule has 2 fully saturated rings. The molecule has 4 heteroatoms. The van der Waals surface area contributed by atoms with Crippen LogP contribution in [0.25, 0.3) is 0 Å². The molecule has 2 bridgehead atoms. The molecule has 88 valence electrons. The predicted molar refractivity (Wildman–Crippen MR) is 59.9 cm³/mol. The minimum absolute atomic E-state index is 0.578. The van der Waals surface area contributed by atoms with Crippen molar-refractivity contribution in [3.05, 3.63) is 11.7 Å². The van der Waals surface area contributed by atoms with Crippen molar-refractivity contribution in [1.29, 1.82) is 0 Å². The second-order valence-electron chi connectivity index (χ2n) is 5.22. The molecule has 16 heavy (non-hydrogen) atoms. The summed E-state index contributed by atoms with van der Waals surface area (Å²) in [7, 11) is 0. The van der Waals surface area contributed by atoms with Crippen molar-refractivity contribution in [1.82, 2.24) is 10.1 Å². The van der Waals surface area contributed by atoms with E-state index in [0.29, 0.717) is 12.5 Å². The lowest BCUT2D eigenvalue weighted by Gasteiger charge is -2.17. The first-order valence-corrected chi connectivity index (χ1v) is 6.39. The fraction of sp³-hybridized carbons (Fsp3) is 0.833. The molecule has 4 nitrogen and oxygen atoms in total. The van der Waals surface area contributed by atoms with Gasteiger partial charge in [-0.05, 0) is 44.1 Å². The number of hydrogen-bond donors (Lipinski definition) is 1. The van der Waals surface area contributed by atoms with E-state index in [1.54, 1.807) is 0 Å². The Labute approximate surface area is 95.6 Å². The van der Waals surface area contributed by atoms with E-state index in [0.717, 1.165) is 36.4 Å². The zero-order valence-corrected chi connectivity index (χ0v) is 9.56. The molecule has 0 amide bonds. The number of rotatable bonds is 4. The minimum atomic E-state index is 0.578. The highest BCUT2D eigenvalue weighted by Gasteiger charge is 2.42. The van der Waals surface area contributed by atoms with Crippen LogP contribution >= 0.6 is 0 Å². The standard InChI is InChI=1S/C12H19N3O/c13-5-1-2-11-14-12(15-16-11)10-7-8-3-4-9(10)6-8/h8-10H,1-7,13H2. The molecule has 0 saturated heterocycles. The molecule has 1 heterocycles. The van der Waals surface area contributed by atoms with Gasteiger partial charge >= 0.3 is 0 Å². The lowest BCUT2D eigenvalue weighted by Crippen LogP contribution is -2.10. The van der Waals surface area contributed by atoms with E-state index in [4.69, 9.17) is 10.3 Å². The van der Waals surface area contributed by atoms with Crippen molar-refractivity contribution in [2.45, 2.75) is 44.4 Å². The molecule has 1 aromatic rings. The second kappa shape index (κ2) is 4.17. The van der Waals surface area contributed by atoms with Gasteiger partial charge < -0.3 is 10.3 Å². The number of nitrogens with zero attached hydrogens (tertiary/aromatic N) is 2. The lowest BCUT2D eigenvalue weighted by atomic mass is 9.88. The van der Waals surface area contributed by atoms with Crippen molar-refractivity contribution >= 4 is 0 Å². The van der Waals surface area contributed by atoms with E-state index in [1.165, 1.54) is 25.7 Å². The van der Waals surface area contributed by atoms with E-state index in [2.05, 4.69) is 10.1 Å². The maximum Gasteiger partial charge on any atom is 0.226 e. The van der Waals surface area contributed by atoms with Gasteiger partial charge in [0, 0.05) is 12.3 Å². The van der Waals surface area contributed by atoms with E-state index < -0.39 is 0 Å². The van der Waals surface area contributed by atoms with Crippen LogP contribution in [0.15, 0.2) is 4.52 Å². The number of aryl methyl sites for hydroxylation is 1. The van der Waals surface area contributed by atoms with Gasteiger partial charge in [0.05, 0.1) is 0 Å². The van der Waals surface area contributed by atoms with Crippen LogP contribution in [0.5, 0.6) is 0 Å². The van der Waals surface area contributed by atoms with Crippen LogP contribution < -0.4 is 5.73 Å². The Bertz CT molecular complexity index is 363. The Kier molecular flexibility index (Phi) is 2.67. The molecular weight excluding hydrogens is 202 g/mol. The monoisotopic (exact) mass is 221 g/mol. The van der Waals surface area contributed by atoms with Crippen molar-refractivity contribution in [2.24, 2.45) is 17.6 Å². The number of fused-ring (bicyclic) bond motifs is 2. The normalized spacial score (nSPS) is 32.4. The molecular formula is C12H19N3O. The van der Waals surface area contributed by atoms with E-state index in [1.807, 2.05) is 0 Å². The quantitative estimate of drug-likeness (QED) is 0.842. The Morgan fingerprint density at radius 1 is 1.31 bits per heavy atom. The SMILES string of the molecule is NCCCc1nc(C2CC3CCC2C3)no1. The molecule has 2 aliphatic carbocycles. The average Bonchev–Trinajstić information content (AvgIpc) is 3.01. The first kappa shape index (κ1) is 10.3. The largest absolute Gasteiger partial charge is 0.339 e. The summed E-state index contributed by atoms with van der Waals surface area (Å²) < 4.78 is 5.27. The maximum atomic E-state index is 5.46. The smallest absolute Gasteiger partial charge is 0.226 e. The highest BCUT2D eigenvalue weighted by molar-refractivity contribution is 5.06. The number of aromatic nitrogens is 2.